The molecule has 0 amide bonds. The van der Waals surface area contributed by atoms with Crippen LogP contribution in [-0.2, 0) is 42.7 Å². The number of methoxy groups -OCH3 is 1. The number of halogens is 7. The van der Waals surface area contributed by atoms with Gasteiger partial charge in [-0.1, -0.05) is 43.1 Å². The summed E-state index contributed by atoms with van der Waals surface area (Å²) in [6.07, 6.45) is -0.182. The smallest absolute Gasteiger partial charge is 0.430 e. The number of carboxylic acids is 1. The summed E-state index contributed by atoms with van der Waals surface area (Å²) in [6.45, 7) is 5.40. The number of imidazole rings is 1. The van der Waals surface area contributed by atoms with E-state index in [-0.39, 0.29) is 40.3 Å². The van der Waals surface area contributed by atoms with Gasteiger partial charge in [-0.2, -0.15) is 22.8 Å². The van der Waals surface area contributed by atoms with Crippen LogP contribution < -0.4 is 9.84 Å². The summed E-state index contributed by atoms with van der Waals surface area (Å²) in [5, 5.41) is 9.30. The fourth-order valence-electron chi connectivity index (χ4n) is 5.68. The number of ether oxygens (including phenoxy) is 1. The summed E-state index contributed by atoms with van der Waals surface area (Å²) < 4.78 is 97.2. The van der Waals surface area contributed by atoms with Crippen LogP contribution in [0, 0.1) is 11.6 Å². The largest absolute Gasteiger partial charge is 0.542 e. The lowest BCUT2D eigenvalue weighted by Crippen LogP contribution is -2.37. The van der Waals surface area contributed by atoms with Gasteiger partial charge in [0.25, 0.3) is 0 Å². The van der Waals surface area contributed by atoms with Crippen molar-refractivity contribution in [2.24, 2.45) is 0 Å². The van der Waals surface area contributed by atoms with E-state index in [2.05, 4.69) is 21.1 Å². The Morgan fingerprint density at radius 3 is 2.05 bits per heavy atom. The van der Waals surface area contributed by atoms with Crippen LogP contribution in [0.25, 0.3) is 5.69 Å². The highest BCUT2D eigenvalue weighted by Gasteiger charge is 2.31. The zero-order chi connectivity index (χ0) is 44.2. The maximum atomic E-state index is 15.6. The fourth-order valence-corrected chi connectivity index (χ4v) is 7.49. The second-order valence-corrected chi connectivity index (χ2v) is 17.3. The van der Waals surface area contributed by atoms with Gasteiger partial charge in [-0.15, -0.1) is 0 Å². The molecule has 0 unspecified atom stereocenters. The van der Waals surface area contributed by atoms with Crippen molar-refractivity contribution in [2.75, 3.05) is 48.4 Å². The monoisotopic (exact) mass is 878 g/mol. The topological polar surface area (TPSA) is 139 Å². The molecule has 1 heterocycles. The van der Waals surface area contributed by atoms with Crippen molar-refractivity contribution in [3.63, 3.8) is 0 Å². The number of carbonyl (C=O) groups excluding carboxylic acids is 3. The second kappa shape index (κ2) is 21.0. The summed E-state index contributed by atoms with van der Waals surface area (Å²) in [5.74, 6) is -2.95. The summed E-state index contributed by atoms with van der Waals surface area (Å²) in [5.41, 5.74) is 1.99. The van der Waals surface area contributed by atoms with Gasteiger partial charge in [-0.05, 0) is 79.8 Å². The van der Waals surface area contributed by atoms with Crippen molar-refractivity contribution >= 4 is 45.3 Å². The molecule has 318 valence electrons. The van der Waals surface area contributed by atoms with Gasteiger partial charge in [0.1, 0.15) is 29.2 Å². The summed E-state index contributed by atoms with van der Waals surface area (Å²) >= 11 is 12.9. The molecule has 0 radical (unpaired) electrons. The van der Waals surface area contributed by atoms with Crippen molar-refractivity contribution in [3.8, 4) is 11.4 Å². The molecule has 0 aliphatic heterocycles. The van der Waals surface area contributed by atoms with Gasteiger partial charge < -0.3 is 19.1 Å². The number of unbranched alkanes of at least 4 members (excludes halogenated alkanes) is 2. The molecule has 0 fully saturated rings. The molecule has 0 aliphatic carbocycles. The molecule has 1 aromatic heterocycles. The van der Waals surface area contributed by atoms with Crippen LogP contribution in [-0.4, -0.2) is 93.4 Å². The van der Waals surface area contributed by atoms with Crippen molar-refractivity contribution in [1.29, 1.82) is 0 Å². The molecule has 19 heteroatoms. The van der Waals surface area contributed by atoms with E-state index in [0.29, 0.717) is 35.2 Å². The van der Waals surface area contributed by atoms with Gasteiger partial charge in [0, 0.05) is 47.9 Å². The third kappa shape index (κ3) is 13.9. The lowest BCUT2D eigenvalue weighted by Gasteiger charge is -2.28. The van der Waals surface area contributed by atoms with E-state index in [0.717, 1.165) is 41.2 Å². The Balaban J connectivity index is 0.00000103. The minimum absolute atomic E-state index is 0.0265. The van der Waals surface area contributed by atoms with Gasteiger partial charge in [0.05, 0.1) is 50.4 Å². The number of carboxylic acid groups (broad SMARTS) is 1. The first-order chi connectivity index (χ1) is 26.8. The number of carbonyl (C=O) groups is 1. The normalized spacial score (nSPS) is 11.9. The first-order valence-electron chi connectivity index (χ1n) is 17.5. The van der Waals surface area contributed by atoms with Crippen molar-refractivity contribution < 1.29 is 59.1 Å². The van der Waals surface area contributed by atoms with E-state index in [1.807, 2.05) is 30.5 Å². The van der Waals surface area contributed by atoms with Crippen molar-refractivity contribution in [3.05, 3.63) is 105 Å². The Morgan fingerprint density at radius 2 is 1.53 bits per heavy atom. The van der Waals surface area contributed by atoms with Crippen LogP contribution in [0.5, 0.6) is 5.75 Å². The molecular formula is C39H45Cl2F5N4O7S. The van der Waals surface area contributed by atoms with E-state index in [1.54, 1.807) is 31.5 Å². The highest BCUT2D eigenvalue weighted by molar-refractivity contribution is 7.89. The number of nitrogens with zero attached hydrogens (tertiary/aromatic N) is 4. The van der Waals surface area contributed by atoms with Crippen LogP contribution in [0.1, 0.15) is 55.8 Å². The van der Waals surface area contributed by atoms with E-state index in [4.69, 9.17) is 52.4 Å². The van der Waals surface area contributed by atoms with Crippen LogP contribution in [0.2, 0.25) is 10.0 Å². The molecule has 0 bridgehead atoms. The molecule has 0 saturated carbocycles. The number of hydrogen-bond donors (Lipinski definition) is 0. The summed E-state index contributed by atoms with van der Waals surface area (Å²) in [6, 6.07) is 14.0. The van der Waals surface area contributed by atoms with Crippen LogP contribution in [0.15, 0.2) is 65.7 Å². The fraction of sp³-hybridized carbons (Fsp3) is 0.410. The van der Waals surface area contributed by atoms with Gasteiger partial charge in [-0.25, -0.2) is 26.5 Å². The number of rotatable bonds is 15. The minimum atomic E-state index is -5.19. The SMILES string of the molecule is COc1cc(C(C)(C)c2cnc(CCc3c(F)cc(S(=O)(=O)N(C)CCCCC[N+](C)(C)C)cc3Cl)n2-c2ccc(F)cc2)ccc1Cl.O=C([O-])C(F)(F)F.O=C=O. The number of benzene rings is 3. The third-order valence-corrected chi connectivity index (χ3v) is 11.4. The standard InChI is InChI=1S/C36H45Cl2F2N4O3S.C2HF3O2.CO2/c1-36(2,25-11-17-30(37)33(21-25)47-7)34-24-41-35(43(34)27-14-12-26(39)13-15-27)18-16-29-31(38)22-28(23-32(29)40)48(45,46)42(3)19-9-8-10-20-44(4,5)6;3-2(4,5)1(6)7;2-1-3/h11-15,17,21-24H,8-10,16,18-20H2,1-7H3;(H,6,7);/q+1;;/p-1. The van der Waals surface area contributed by atoms with E-state index >= 15 is 4.39 Å². The molecule has 3 aromatic carbocycles. The maximum Gasteiger partial charge on any atom is 0.430 e. The van der Waals surface area contributed by atoms with Gasteiger partial charge in [-0.3, -0.25) is 4.57 Å². The molecule has 0 saturated heterocycles. The van der Waals surface area contributed by atoms with E-state index in [1.165, 1.54) is 29.6 Å². The second-order valence-electron chi connectivity index (χ2n) is 14.5. The predicted octanol–water partition coefficient (Wildman–Crippen LogP) is 6.79. The highest BCUT2D eigenvalue weighted by atomic mass is 35.5. The number of aromatic nitrogens is 2. The Morgan fingerprint density at radius 1 is 0.948 bits per heavy atom. The lowest BCUT2D eigenvalue weighted by atomic mass is 9.81. The molecule has 0 N–H and O–H groups in total. The van der Waals surface area contributed by atoms with Crippen LogP contribution in [0.3, 0.4) is 0 Å². The number of hydrogen-bond acceptors (Lipinski definition) is 8. The average molecular weight is 880 g/mol. The predicted molar refractivity (Wildman–Crippen MR) is 205 cm³/mol. The number of aryl methyl sites for hydroxylation is 1. The molecule has 11 nitrogen and oxygen atoms in total. The van der Waals surface area contributed by atoms with Gasteiger partial charge in [0.2, 0.25) is 10.0 Å². The Hall–Kier alpha value is -4.38. The van der Waals surface area contributed by atoms with E-state index in [9.17, 15) is 26.0 Å². The number of aliphatic carboxylic acids is 1. The van der Waals surface area contributed by atoms with Crippen molar-refractivity contribution in [2.45, 2.75) is 62.4 Å². The number of alkyl halides is 3. The van der Waals surface area contributed by atoms with Gasteiger partial charge in [0.15, 0.2) is 0 Å². The molecule has 0 aliphatic rings. The first-order valence-corrected chi connectivity index (χ1v) is 19.7. The summed E-state index contributed by atoms with van der Waals surface area (Å²) in [7, 11) is 5.49. The first kappa shape index (κ1) is 49.8. The zero-order valence-electron chi connectivity index (χ0n) is 32.9. The van der Waals surface area contributed by atoms with Crippen molar-refractivity contribution in [1.82, 2.24) is 13.9 Å². The van der Waals surface area contributed by atoms with Gasteiger partial charge >= 0.3 is 12.3 Å². The number of quaternary nitrogens is 1. The number of sulfonamides is 1. The zero-order valence-corrected chi connectivity index (χ0v) is 35.3. The third-order valence-electron chi connectivity index (χ3n) is 8.89. The average Bonchev–Trinajstić information content (AvgIpc) is 3.56. The molecule has 0 atom stereocenters. The molecular weight excluding hydrogens is 834 g/mol. The Kier molecular flexibility index (Phi) is 18.1. The molecule has 0 spiro atoms. The maximum absolute atomic E-state index is 15.6. The quantitative estimate of drug-likeness (QED) is 0.0724. The molecule has 4 rings (SSSR count). The van der Waals surface area contributed by atoms with Crippen LogP contribution >= 0.6 is 23.2 Å². The molecule has 58 heavy (non-hydrogen) atoms. The minimum Gasteiger partial charge on any atom is -0.542 e. The highest BCUT2D eigenvalue weighted by Crippen LogP contribution is 2.38. The van der Waals surface area contributed by atoms with E-state index < -0.39 is 33.4 Å². The lowest BCUT2D eigenvalue weighted by molar-refractivity contribution is -0.870. The molecule has 4 aromatic rings. The van der Waals surface area contributed by atoms with Crippen LogP contribution in [0.4, 0.5) is 22.0 Å². The Labute approximate surface area is 344 Å². The summed E-state index contributed by atoms with van der Waals surface area (Å²) in [4.78, 5) is 29.6. The Bertz CT molecular complexity index is 2130.